The fourth-order valence-electron chi connectivity index (χ4n) is 3.10. The van der Waals surface area contributed by atoms with Crippen LogP contribution in [0.15, 0.2) is 36.7 Å². The summed E-state index contributed by atoms with van der Waals surface area (Å²) in [6.45, 7) is 6.60. The number of pyridine rings is 1. The molecule has 0 saturated heterocycles. The minimum Gasteiger partial charge on any atom is -0.358 e. The molecule has 0 spiro atoms. The lowest BCUT2D eigenvalue weighted by atomic mass is 10.0. The molecule has 4 aromatic heterocycles. The summed E-state index contributed by atoms with van der Waals surface area (Å²) in [7, 11) is 0. The van der Waals surface area contributed by atoms with Crippen molar-refractivity contribution in [3.8, 4) is 0 Å². The number of hydrogen-bond acceptors (Lipinski definition) is 3. The fraction of sp³-hybridized carbons (Fsp3) is 0.316. The van der Waals surface area contributed by atoms with Crippen molar-refractivity contribution in [1.29, 1.82) is 0 Å². The number of nitrogens with zero attached hydrogens (tertiary/aromatic N) is 3. The van der Waals surface area contributed by atoms with Gasteiger partial charge >= 0.3 is 0 Å². The van der Waals surface area contributed by atoms with Crippen molar-refractivity contribution in [2.45, 2.75) is 39.0 Å². The van der Waals surface area contributed by atoms with Crippen LogP contribution in [-0.2, 0) is 6.42 Å². The summed E-state index contributed by atoms with van der Waals surface area (Å²) in [5, 5.41) is 9.26. The van der Waals surface area contributed by atoms with Crippen LogP contribution < -0.4 is 0 Å². The number of H-pyrrole nitrogens is 2. The quantitative estimate of drug-likeness (QED) is 0.589. The van der Waals surface area contributed by atoms with E-state index in [2.05, 4.69) is 64.1 Å². The zero-order chi connectivity index (χ0) is 16.7. The second-order valence-electron chi connectivity index (χ2n) is 6.80. The number of aromatic nitrogens is 5. The Hall–Kier alpha value is -2.69. The molecule has 0 radical (unpaired) electrons. The van der Waals surface area contributed by atoms with Gasteiger partial charge in [-0.15, -0.1) is 5.10 Å². The lowest BCUT2D eigenvalue weighted by Crippen LogP contribution is -2.00. The maximum atomic E-state index is 4.64. The van der Waals surface area contributed by atoms with Crippen molar-refractivity contribution < 1.29 is 0 Å². The molecule has 0 amide bonds. The van der Waals surface area contributed by atoms with Gasteiger partial charge in [0.25, 0.3) is 0 Å². The summed E-state index contributed by atoms with van der Waals surface area (Å²) in [5.74, 6) is 0.830. The normalized spacial score (nSPS) is 13.2. The lowest BCUT2D eigenvalue weighted by molar-refractivity contribution is 0.724. The third-order valence-electron chi connectivity index (χ3n) is 4.57. The monoisotopic (exact) mass is 319 g/mol. The van der Waals surface area contributed by atoms with Crippen molar-refractivity contribution in [1.82, 2.24) is 25.1 Å². The Morgan fingerprint density at radius 2 is 1.83 bits per heavy atom. The summed E-state index contributed by atoms with van der Waals surface area (Å²) < 4.78 is 0. The molecule has 4 aromatic rings. The molecule has 0 aromatic carbocycles. The Kier molecular flexibility index (Phi) is 3.56. The predicted octanol–water partition coefficient (Wildman–Crippen LogP) is 4.30. The average Bonchev–Trinajstić information content (AvgIpc) is 3.18. The molecular formula is C19H21N5. The number of aromatic amines is 2. The molecule has 1 atom stereocenters. The van der Waals surface area contributed by atoms with Crippen molar-refractivity contribution in [2.24, 2.45) is 0 Å². The van der Waals surface area contributed by atoms with Gasteiger partial charge in [0.05, 0.1) is 11.7 Å². The van der Waals surface area contributed by atoms with Crippen molar-refractivity contribution in [2.75, 3.05) is 0 Å². The molecule has 4 rings (SSSR count). The minimum atomic E-state index is 0.337. The van der Waals surface area contributed by atoms with Gasteiger partial charge < -0.3 is 9.97 Å². The number of rotatable bonds is 4. The van der Waals surface area contributed by atoms with Crippen LogP contribution in [0.5, 0.6) is 0 Å². The lowest BCUT2D eigenvalue weighted by Gasteiger charge is -2.09. The molecule has 24 heavy (non-hydrogen) atoms. The van der Waals surface area contributed by atoms with Gasteiger partial charge in [0.1, 0.15) is 5.52 Å². The second-order valence-corrected chi connectivity index (χ2v) is 6.80. The molecule has 0 fully saturated rings. The van der Waals surface area contributed by atoms with Crippen LogP contribution in [0, 0.1) is 0 Å². The molecule has 5 heteroatoms. The molecule has 0 saturated carbocycles. The van der Waals surface area contributed by atoms with Crippen molar-refractivity contribution in [3.05, 3.63) is 53.7 Å². The van der Waals surface area contributed by atoms with Gasteiger partial charge in [0.2, 0.25) is 0 Å². The van der Waals surface area contributed by atoms with Gasteiger partial charge in [-0.2, -0.15) is 5.10 Å². The van der Waals surface area contributed by atoms with Gasteiger partial charge in [-0.25, -0.2) is 0 Å². The van der Waals surface area contributed by atoms with E-state index in [9.17, 15) is 0 Å². The molecule has 0 aliphatic heterocycles. The van der Waals surface area contributed by atoms with E-state index in [1.165, 1.54) is 22.3 Å². The summed E-state index contributed by atoms with van der Waals surface area (Å²) in [5.41, 5.74) is 6.62. The minimum absolute atomic E-state index is 0.337. The standard InChI is InChI=1S/C19H21N5/c1-11(2)16-7-13-10-20-14(8-18(13)23-16)6-12(3)17-9-19-15(22-17)4-5-21-24-19/h4-5,7-12,22-23H,6H2,1-3H3. The predicted molar refractivity (Wildman–Crippen MR) is 96.2 cm³/mol. The molecule has 4 heterocycles. The maximum absolute atomic E-state index is 4.64. The first-order valence-corrected chi connectivity index (χ1v) is 8.38. The molecule has 122 valence electrons. The number of nitrogens with one attached hydrogen (secondary N) is 2. The van der Waals surface area contributed by atoms with Gasteiger partial charge in [0, 0.05) is 40.1 Å². The van der Waals surface area contributed by atoms with Gasteiger partial charge in [-0.3, -0.25) is 4.98 Å². The van der Waals surface area contributed by atoms with E-state index < -0.39 is 0 Å². The Morgan fingerprint density at radius 1 is 1.00 bits per heavy atom. The molecule has 1 unspecified atom stereocenters. The number of fused-ring (bicyclic) bond motifs is 2. The number of hydrogen-bond donors (Lipinski definition) is 2. The van der Waals surface area contributed by atoms with Crippen LogP contribution >= 0.6 is 0 Å². The van der Waals surface area contributed by atoms with Gasteiger partial charge in [0.15, 0.2) is 0 Å². The highest BCUT2D eigenvalue weighted by Gasteiger charge is 2.13. The molecule has 0 bridgehead atoms. The average molecular weight is 319 g/mol. The summed E-state index contributed by atoms with van der Waals surface area (Å²) in [6, 6.07) is 8.39. The summed E-state index contributed by atoms with van der Waals surface area (Å²) in [4.78, 5) is 11.6. The zero-order valence-corrected chi connectivity index (χ0v) is 14.2. The SMILES string of the molecule is CC(C)c1cc2cnc(CC(C)c3cc4nnccc4[nH]3)cc2[nH]1. The van der Waals surface area contributed by atoms with E-state index in [1.807, 2.05) is 12.3 Å². The van der Waals surface area contributed by atoms with E-state index >= 15 is 0 Å². The first-order valence-electron chi connectivity index (χ1n) is 8.38. The first-order chi connectivity index (χ1) is 11.6. The Balaban J connectivity index is 1.60. The Labute approximate surface area is 140 Å². The highest BCUT2D eigenvalue weighted by molar-refractivity contribution is 5.80. The van der Waals surface area contributed by atoms with Crippen molar-refractivity contribution in [3.63, 3.8) is 0 Å². The first kappa shape index (κ1) is 14.9. The Morgan fingerprint density at radius 3 is 2.62 bits per heavy atom. The van der Waals surface area contributed by atoms with E-state index in [0.29, 0.717) is 11.8 Å². The smallest absolute Gasteiger partial charge is 0.111 e. The van der Waals surface area contributed by atoms with Crippen LogP contribution in [0.2, 0.25) is 0 Å². The Bertz CT molecular complexity index is 962. The largest absolute Gasteiger partial charge is 0.358 e. The van der Waals surface area contributed by atoms with Crippen LogP contribution in [0.1, 0.15) is 49.7 Å². The third-order valence-corrected chi connectivity index (χ3v) is 4.57. The highest BCUT2D eigenvalue weighted by Crippen LogP contribution is 2.25. The zero-order valence-electron chi connectivity index (χ0n) is 14.2. The topological polar surface area (TPSA) is 70.2 Å². The molecule has 0 aliphatic rings. The summed E-state index contributed by atoms with van der Waals surface area (Å²) in [6.07, 6.45) is 4.56. The molecule has 2 N–H and O–H groups in total. The van der Waals surface area contributed by atoms with E-state index in [4.69, 9.17) is 0 Å². The summed E-state index contributed by atoms with van der Waals surface area (Å²) >= 11 is 0. The van der Waals surface area contributed by atoms with Crippen LogP contribution in [-0.4, -0.2) is 25.1 Å². The third kappa shape index (κ3) is 2.66. The van der Waals surface area contributed by atoms with Gasteiger partial charge in [-0.1, -0.05) is 20.8 Å². The van der Waals surface area contributed by atoms with Crippen LogP contribution in [0.25, 0.3) is 21.9 Å². The van der Waals surface area contributed by atoms with Gasteiger partial charge in [-0.05, 0) is 36.6 Å². The van der Waals surface area contributed by atoms with Crippen LogP contribution in [0.3, 0.4) is 0 Å². The molecular weight excluding hydrogens is 298 g/mol. The van der Waals surface area contributed by atoms with E-state index in [0.717, 1.165) is 23.1 Å². The van der Waals surface area contributed by atoms with E-state index in [1.54, 1.807) is 6.20 Å². The molecule has 0 aliphatic carbocycles. The van der Waals surface area contributed by atoms with Crippen molar-refractivity contribution >= 4 is 21.9 Å². The van der Waals surface area contributed by atoms with Crippen LogP contribution in [0.4, 0.5) is 0 Å². The highest BCUT2D eigenvalue weighted by atomic mass is 15.1. The maximum Gasteiger partial charge on any atom is 0.111 e. The fourth-order valence-corrected chi connectivity index (χ4v) is 3.10. The molecule has 5 nitrogen and oxygen atoms in total. The van der Waals surface area contributed by atoms with E-state index in [-0.39, 0.29) is 0 Å². The second kappa shape index (κ2) is 5.74.